The molecule has 0 spiro atoms. The van der Waals surface area contributed by atoms with Gasteiger partial charge in [-0.3, -0.25) is 4.79 Å². The standard InChI is InChI=1S/C15H13Cl2FN2O2/c16-11-6-12(19-14(11)17)15(22)20-7-10(21)5-13(20)8-2-1-3-9(18)4-8/h1-4,6,10,13,19,21H,5,7H2. The highest BCUT2D eigenvalue weighted by atomic mass is 35.5. The molecule has 1 aromatic carbocycles. The topological polar surface area (TPSA) is 56.3 Å². The maximum atomic E-state index is 13.4. The number of likely N-dealkylation sites (tertiary alicyclic amines) is 1. The quantitative estimate of drug-likeness (QED) is 0.878. The van der Waals surface area contributed by atoms with Crippen molar-refractivity contribution in [1.29, 1.82) is 0 Å². The van der Waals surface area contributed by atoms with E-state index in [9.17, 15) is 14.3 Å². The van der Waals surface area contributed by atoms with E-state index in [2.05, 4.69) is 4.98 Å². The molecule has 1 amide bonds. The fraction of sp³-hybridized carbons (Fsp3) is 0.267. The van der Waals surface area contributed by atoms with Crippen molar-refractivity contribution < 1.29 is 14.3 Å². The minimum Gasteiger partial charge on any atom is -0.391 e. The third-order valence-electron chi connectivity index (χ3n) is 3.73. The molecule has 1 fully saturated rings. The SMILES string of the molecule is O=C(c1cc(Cl)c(Cl)[nH]1)N1CC(O)CC1c1cccc(F)c1. The van der Waals surface area contributed by atoms with E-state index < -0.39 is 6.10 Å². The average Bonchev–Trinajstić information content (AvgIpc) is 3.02. The molecule has 1 aromatic heterocycles. The highest BCUT2D eigenvalue weighted by Gasteiger charge is 2.36. The van der Waals surface area contributed by atoms with Crippen molar-refractivity contribution in [2.75, 3.05) is 6.54 Å². The molecule has 116 valence electrons. The second kappa shape index (κ2) is 5.91. The van der Waals surface area contributed by atoms with Gasteiger partial charge in [0.25, 0.3) is 5.91 Å². The van der Waals surface area contributed by atoms with Crippen LogP contribution >= 0.6 is 23.2 Å². The van der Waals surface area contributed by atoms with E-state index in [4.69, 9.17) is 23.2 Å². The molecule has 0 aliphatic carbocycles. The Balaban J connectivity index is 1.92. The summed E-state index contributed by atoms with van der Waals surface area (Å²) in [5.41, 5.74) is 0.888. The van der Waals surface area contributed by atoms with E-state index in [1.54, 1.807) is 12.1 Å². The first kappa shape index (κ1) is 15.3. The van der Waals surface area contributed by atoms with Crippen molar-refractivity contribution in [3.05, 3.63) is 57.6 Å². The highest BCUT2D eigenvalue weighted by molar-refractivity contribution is 6.41. The Labute approximate surface area is 136 Å². The third-order valence-corrected chi connectivity index (χ3v) is 4.42. The number of hydrogen-bond donors (Lipinski definition) is 2. The van der Waals surface area contributed by atoms with Crippen LogP contribution < -0.4 is 0 Å². The number of nitrogens with one attached hydrogen (secondary N) is 1. The maximum Gasteiger partial charge on any atom is 0.270 e. The lowest BCUT2D eigenvalue weighted by Crippen LogP contribution is -2.32. The number of aromatic amines is 1. The normalized spacial score (nSPS) is 21.4. The van der Waals surface area contributed by atoms with Crippen LogP contribution in [-0.2, 0) is 0 Å². The molecule has 0 saturated carbocycles. The van der Waals surface area contributed by atoms with Crippen molar-refractivity contribution >= 4 is 29.1 Å². The summed E-state index contributed by atoms with van der Waals surface area (Å²) >= 11 is 11.7. The van der Waals surface area contributed by atoms with Crippen molar-refractivity contribution in [2.24, 2.45) is 0 Å². The van der Waals surface area contributed by atoms with Gasteiger partial charge in [0, 0.05) is 6.54 Å². The molecule has 0 radical (unpaired) electrons. The number of carbonyl (C=O) groups is 1. The van der Waals surface area contributed by atoms with Gasteiger partial charge < -0.3 is 15.0 Å². The number of aromatic nitrogens is 1. The van der Waals surface area contributed by atoms with Crippen LogP contribution in [0.3, 0.4) is 0 Å². The summed E-state index contributed by atoms with van der Waals surface area (Å²) in [4.78, 5) is 16.8. The van der Waals surface area contributed by atoms with Gasteiger partial charge >= 0.3 is 0 Å². The lowest BCUT2D eigenvalue weighted by Gasteiger charge is -2.24. The Morgan fingerprint density at radius 1 is 1.36 bits per heavy atom. The molecule has 4 nitrogen and oxygen atoms in total. The average molecular weight is 343 g/mol. The Bertz CT molecular complexity index is 700. The lowest BCUT2D eigenvalue weighted by molar-refractivity contribution is 0.0710. The number of hydrogen-bond acceptors (Lipinski definition) is 2. The van der Waals surface area contributed by atoms with E-state index >= 15 is 0 Å². The molecule has 1 aliphatic rings. The first-order chi connectivity index (χ1) is 10.5. The zero-order valence-electron chi connectivity index (χ0n) is 11.4. The molecule has 2 unspecified atom stereocenters. The molecular weight excluding hydrogens is 330 g/mol. The van der Waals surface area contributed by atoms with Crippen LogP contribution in [0.4, 0.5) is 4.39 Å². The monoisotopic (exact) mass is 342 g/mol. The fourth-order valence-electron chi connectivity index (χ4n) is 2.74. The molecule has 22 heavy (non-hydrogen) atoms. The predicted octanol–water partition coefficient (Wildman–Crippen LogP) is 3.41. The molecule has 0 bridgehead atoms. The zero-order chi connectivity index (χ0) is 15.9. The second-order valence-electron chi connectivity index (χ2n) is 5.26. The van der Waals surface area contributed by atoms with Gasteiger partial charge in [0.2, 0.25) is 0 Å². The van der Waals surface area contributed by atoms with Crippen molar-refractivity contribution in [3.63, 3.8) is 0 Å². The van der Waals surface area contributed by atoms with Crippen LogP contribution in [-0.4, -0.2) is 33.5 Å². The minimum absolute atomic E-state index is 0.175. The molecule has 2 aromatic rings. The van der Waals surface area contributed by atoms with Crippen LogP contribution in [0.25, 0.3) is 0 Å². The van der Waals surface area contributed by atoms with Crippen LogP contribution in [0, 0.1) is 5.82 Å². The van der Waals surface area contributed by atoms with Gasteiger partial charge in [-0.2, -0.15) is 0 Å². The molecule has 2 heterocycles. The third kappa shape index (κ3) is 2.84. The maximum absolute atomic E-state index is 13.4. The Hall–Kier alpha value is -1.56. The Kier molecular flexibility index (Phi) is 4.12. The summed E-state index contributed by atoms with van der Waals surface area (Å²) < 4.78 is 13.4. The fourth-order valence-corrected chi connectivity index (χ4v) is 3.05. The summed E-state index contributed by atoms with van der Waals surface area (Å²) in [6.07, 6.45) is -0.296. The van der Waals surface area contributed by atoms with E-state index in [-0.39, 0.29) is 40.2 Å². The number of nitrogens with zero attached hydrogens (tertiary/aromatic N) is 1. The molecule has 2 N–H and O–H groups in total. The highest BCUT2D eigenvalue weighted by Crippen LogP contribution is 2.34. The number of H-pyrrole nitrogens is 1. The van der Waals surface area contributed by atoms with Gasteiger partial charge in [0.05, 0.1) is 17.2 Å². The molecule has 1 saturated heterocycles. The van der Waals surface area contributed by atoms with Crippen LogP contribution in [0.15, 0.2) is 30.3 Å². The summed E-state index contributed by atoms with van der Waals surface area (Å²) in [5, 5.41) is 10.3. The lowest BCUT2D eigenvalue weighted by atomic mass is 10.0. The van der Waals surface area contributed by atoms with Crippen molar-refractivity contribution in [3.8, 4) is 0 Å². The van der Waals surface area contributed by atoms with E-state index in [0.717, 1.165) is 0 Å². The van der Waals surface area contributed by atoms with E-state index in [0.29, 0.717) is 12.0 Å². The van der Waals surface area contributed by atoms with E-state index in [1.165, 1.54) is 23.1 Å². The zero-order valence-corrected chi connectivity index (χ0v) is 12.9. The van der Waals surface area contributed by atoms with Crippen LogP contribution in [0.5, 0.6) is 0 Å². The summed E-state index contributed by atoms with van der Waals surface area (Å²) in [6.45, 7) is 0.175. The second-order valence-corrected chi connectivity index (χ2v) is 6.05. The van der Waals surface area contributed by atoms with Crippen LogP contribution in [0.2, 0.25) is 10.2 Å². The molecule has 3 rings (SSSR count). The summed E-state index contributed by atoms with van der Waals surface area (Å²) in [6, 6.07) is 7.09. The van der Waals surface area contributed by atoms with Crippen molar-refractivity contribution in [1.82, 2.24) is 9.88 Å². The van der Waals surface area contributed by atoms with Gasteiger partial charge in [-0.15, -0.1) is 0 Å². The van der Waals surface area contributed by atoms with Gasteiger partial charge in [0.1, 0.15) is 16.7 Å². The smallest absolute Gasteiger partial charge is 0.270 e. The first-order valence-corrected chi connectivity index (χ1v) is 7.50. The molecule has 1 aliphatic heterocycles. The van der Waals surface area contributed by atoms with Gasteiger partial charge in [-0.05, 0) is 30.2 Å². The molecular formula is C15H13Cl2FN2O2. The van der Waals surface area contributed by atoms with Crippen molar-refractivity contribution in [2.45, 2.75) is 18.6 Å². The largest absolute Gasteiger partial charge is 0.391 e. The number of amides is 1. The predicted molar refractivity (Wildman–Crippen MR) is 81.6 cm³/mol. The van der Waals surface area contributed by atoms with E-state index in [1.807, 2.05) is 0 Å². The Morgan fingerprint density at radius 2 is 2.14 bits per heavy atom. The summed E-state index contributed by atoms with van der Waals surface area (Å²) in [7, 11) is 0. The number of aliphatic hydroxyl groups excluding tert-OH is 1. The molecule has 2 atom stereocenters. The number of aliphatic hydroxyl groups is 1. The number of halogens is 3. The summed E-state index contributed by atoms with van der Waals surface area (Å²) in [5.74, 6) is -0.711. The molecule has 7 heteroatoms. The van der Waals surface area contributed by atoms with Gasteiger partial charge in [0.15, 0.2) is 0 Å². The Morgan fingerprint density at radius 3 is 2.77 bits per heavy atom. The number of benzene rings is 1. The van der Waals surface area contributed by atoms with Crippen LogP contribution in [0.1, 0.15) is 28.5 Å². The van der Waals surface area contributed by atoms with Gasteiger partial charge in [-0.1, -0.05) is 35.3 Å². The number of β-amino-alcohol motifs (C(OH)–C–C–N with tert-alkyl or cyclic N) is 1. The minimum atomic E-state index is -0.655. The van der Waals surface area contributed by atoms with Gasteiger partial charge in [-0.25, -0.2) is 4.39 Å². The number of carbonyl (C=O) groups excluding carboxylic acids is 1. The number of rotatable bonds is 2. The first-order valence-electron chi connectivity index (χ1n) is 6.74.